The van der Waals surface area contributed by atoms with Crippen molar-refractivity contribution in [3.05, 3.63) is 74.7 Å². The molecule has 0 N–H and O–H groups in total. The van der Waals surface area contributed by atoms with Crippen molar-refractivity contribution in [2.24, 2.45) is 0 Å². The summed E-state index contributed by atoms with van der Waals surface area (Å²) in [6, 6.07) is 16.5. The minimum absolute atomic E-state index is 0.00814. The first-order valence-electron chi connectivity index (χ1n) is 10.4. The quantitative estimate of drug-likeness (QED) is 0.427. The van der Waals surface area contributed by atoms with Crippen molar-refractivity contribution in [1.82, 2.24) is 4.90 Å². The second-order valence-electron chi connectivity index (χ2n) is 7.68. The number of nitrogens with zero attached hydrogens (tertiary/aromatic N) is 3. The fourth-order valence-corrected chi connectivity index (χ4v) is 5.64. The molecule has 2 aromatic carbocycles. The van der Waals surface area contributed by atoms with Gasteiger partial charge in [0.05, 0.1) is 15.3 Å². The third-order valence-electron chi connectivity index (χ3n) is 5.59. The number of hydrogen-bond acceptors (Lipinski definition) is 4. The molecule has 0 spiro atoms. The van der Waals surface area contributed by atoms with Crippen molar-refractivity contribution >= 4 is 52.5 Å². The average Bonchev–Trinajstić information content (AvgIpc) is 3.14. The molecular weight excluding hydrogens is 465 g/mol. The van der Waals surface area contributed by atoms with E-state index in [1.807, 2.05) is 24.3 Å². The highest BCUT2D eigenvalue weighted by molar-refractivity contribution is 8.05. The highest BCUT2D eigenvalue weighted by Crippen LogP contribution is 2.43. The van der Waals surface area contributed by atoms with Crippen molar-refractivity contribution in [3.63, 3.8) is 0 Å². The molecule has 2 saturated heterocycles. The molecule has 5 nitrogen and oxygen atoms in total. The van der Waals surface area contributed by atoms with E-state index in [0.717, 1.165) is 24.8 Å². The summed E-state index contributed by atoms with van der Waals surface area (Å²) in [4.78, 5) is 29.9. The van der Waals surface area contributed by atoms with Gasteiger partial charge < -0.3 is 4.90 Å². The number of amides is 2. The number of carbonyl (C=O) groups is 2. The van der Waals surface area contributed by atoms with Crippen LogP contribution < -0.4 is 4.90 Å². The number of anilines is 1. The Morgan fingerprint density at radius 1 is 1.06 bits per heavy atom. The number of hydrogen-bond donors (Lipinski definition) is 0. The lowest BCUT2D eigenvalue weighted by Crippen LogP contribution is -2.37. The van der Waals surface area contributed by atoms with Crippen LogP contribution in [0.25, 0.3) is 0 Å². The summed E-state index contributed by atoms with van der Waals surface area (Å²) in [5, 5.41) is 10.6. The lowest BCUT2D eigenvalue weighted by molar-refractivity contribution is -0.127. The molecule has 0 aliphatic carbocycles. The fourth-order valence-electron chi connectivity index (χ4n) is 3.95. The van der Waals surface area contributed by atoms with Gasteiger partial charge in [-0.3, -0.25) is 14.5 Å². The zero-order valence-electron chi connectivity index (χ0n) is 17.3. The normalized spacial score (nSPS) is 20.3. The molecule has 2 aromatic rings. The van der Waals surface area contributed by atoms with E-state index in [1.54, 1.807) is 29.2 Å². The van der Waals surface area contributed by atoms with E-state index in [1.165, 1.54) is 16.7 Å². The summed E-state index contributed by atoms with van der Waals surface area (Å²) < 4.78 is 0. The van der Waals surface area contributed by atoms with Gasteiger partial charge in [-0.1, -0.05) is 65.3 Å². The molecule has 0 radical (unpaired) electrons. The molecule has 2 heterocycles. The predicted octanol–water partition coefficient (Wildman–Crippen LogP) is 5.43. The number of benzene rings is 2. The molecule has 2 aliphatic rings. The summed E-state index contributed by atoms with van der Waals surface area (Å²) in [7, 11) is 0. The molecule has 1 atom stereocenters. The third kappa shape index (κ3) is 4.52. The van der Waals surface area contributed by atoms with Gasteiger partial charge in [-0.15, -0.1) is 0 Å². The molecule has 2 fully saturated rings. The van der Waals surface area contributed by atoms with Crippen LogP contribution in [-0.4, -0.2) is 35.1 Å². The fraction of sp³-hybridized carbons (Fsp3) is 0.292. The Balaban J connectivity index is 1.74. The number of likely N-dealkylation sites (tertiary alicyclic amines) is 1. The largest absolute Gasteiger partial charge is 0.338 e. The molecule has 0 unspecified atom stereocenters. The Bertz CT molecular complexity index is 1110. The van der Waals surface area contributed by atoms with Gasteiger partial charge >= 0.3 is 0 Å². The zero-order chi connectivity index (χ0) is 22.7. The highest BCUT2D eigenvalue weighted by atomic mass is 35.5. The SMILES string of the molecule is N#C/C(C(=O)N1CCCCC1)=C1/S[C@H](Cc2cccc(Cl)c2Cl)C(=O)N1c1ccccc1. The van der Waals surface area contributed by atoms with E-state index >= 15 is 0 Å². The summed E-state index contributed by atoms with van der Waals surface area (Å²) >= 11 is 13.8. The van der Waals surface area contributed by atoms with E-state index in [0.29, 0.717) is 40.3 Å². The number of para-hydroxylation sites is 1. The van der Waals surface area contributed by atoms with E-state index in [9.17, 15) is 14.9 Å². The van der Waals surface area contributed by atoms with E-state index in [2.05, 4.69) is 6.07 Å². The highest BCUT2D eigenvalue weighted by Gasteiger charge is 2.41. The van der Waals surface area contributed by atoms with Crippen LogP contribution in [0, 0.1) is 11.3 Å². The third-order valence-corrected chi connectivity index (χ3v) is 7.71. The first kappa shape index (κ1) is 22.7. The number of carbonyl (C=O) groups excluding carboxylic acids is 2. The smallest absolute Gasteiger partial charge is 0.267 e. The molecule has 0 bridgehead atoms. The van der Waals surface area contributed by atoms with E-state index in [-0.39, 0.29) is 17.4 Å². The Labute approximate surface area is 201 Å². The Kier molecular flexibility index (Phi) is 7.10. The van der Waals surface area contributed by atoms with Gasteiger partial charge in [0, 0.05) is 18.8 Å². The standard InChI is InChI=1S/C24H21Cl2N3O2S/c25-19-11-7-8-16(21(19)26)14-20-23(31)29(17-9-3-1-4-10-17)24(32-20)18(15-27)22(30)28-12-5-2-6-13-28/h1,3-4,7-11,20H,2,5-6,12-14H2/b24-18-/t20-/m1/s1. The first-order valence-corrected chi connectivity index (χ1v) is 12.1. The van der Waals surface area contributed by atoms with Crippen molar-refractivity contribution in [2.45, 2.75) is 30.9 Å². The molecule has 2 aliphatic heterocycles. The topological polar surface area (TPSA) is 64.4 Å². The lowest BCUT2D eigenvalue weighted by Gasteiger charge is -2.27. The van der Waals surface area contributed by atoms with Gasteiger partial charge in [0.2, 0.25) is 5.91 Å². The Morgan fingerprint density at radius 2 is 1.78 bits per heavy atom. The molecule has 8 heteroatoms. The first-order chi connectivity index (χ1) is 15.5. The van der Waals surface area contributed by atoms with Gasteiger partial charge in [0.15, 0.2) is 0 Å². The van der Waals surface area contributed by atoms with Crippen molar-refractivity contribution in [2.75, 3.05) is 18.0 Å². The van der Waals surface area contributed by atoms with Gasteiger partial charge in [0.1, 0.15) is 16.7 Å². The minimum atomic E-state index is -0.529. The van der Waals surface area contributed by atoms with Crippen molar-refractivity contribution in [3.8, 4) is 6.07 Å². The minimum Gasteiger partial charge on any atom is -0.338 e. The predicted molar refractivity (Wildman–Crippen MR) is 129 cm³/mol. The lowest BCUT2D eigenvalue weighted by atomic mass is 10.1. The Hall–Kier alpha value is -2.46. The molecule has 2 amide bonds. The second-order valence-corrected chi connectivity index (χ2v) is 9.65. The Morgan fingerprint density at radius 3 is 2.47 bits per heavy atom. The van der Waals surface area contributed by atoms with Crippen LogP contribution in [-0.2, 0) is 16.0 Å². The summed E-state index contributed by atoms with van der Waals surface area (Å²) in [5.41, 5.74) is 1.38. The average molecular weight is 486 g/mol. The zero-order valence-corrected chi connectivity index (χ0v) is 19.6. The summed E-state index contributed by atoms with van der Waals surface area (Å²) in [6.07, 6.45) is 3.26. The van der Waals surface area contributed by atoms with E-state index in [4.69, 9.17) is 23.2 Å². The molecular formula is C24H21Cl2N3O2S. The van der Waals surface area contributed by atoms with Crippen LogP contribution in [0.1, 0.15) is 24.8 Å². The second kappa shape index (κ2) is 9.99. The monoisotopic (exact) mass is 485 g/mol. The van der Waals surface area contributed by atoms with Gasteiger partial charge in [-0.05, 0) is 49.4 Å². The summed E-state index contributed by atoms with van der Waals surface area (Å²) in [6.45, 7) is 1.26. The molecule has 0 saturated carbocycles. The number of thioether (sulfide) groups is 1. The maximum Gasteiger partial charge on any atom is 0.267 e. The number of nitriles is 1. The maximum absolute atomic E-state index is 13.5. The van der Waals surface area contributed by atoms with Gasteiger partial charge in [-0.2, -0.15) is 5.26 Å². The summed E-state index contributed by atoms with van der Waals surface area (Å²) in [5.74, 6) is -0.503. The van der Waals surface area contributed by atoms with Crippen LogP contribution >= 0.6 is 35.0 Å². The molecule has 32 heavy (non-hydrogen) atoms. The maximum atomic E-state index is 13.5. The molecule has 4 rings (SSSR count). The van der Waals surface area contributed by atoms with Crippen LogP contribution in [0.5, 0.6) is 0 Å². The van der Waals surface area contributed by atoms with Crippen LogP contribution in [0.15, 0.2) is 59.1 Å². The van der Waals surface area contributed by atoms with Crippen molar-refractivity contribution < 1.29 is 9.59 Å². The molecule has 0 aromatic heterocycles. The van der Waals surface area contributed by atoms with Gasteiger partial charge in [0.25, 0.3) is 5.91 Å². The van der Waals surface area contributed by atoms with Crippen LogP contribution in [0.2, 0.25) is 10.0 Å². The van der Waals surface area contributed by atoms with Crippen LogP contribution in [0.4, 0.5) is 5.69 Å². The van der Waals surface area contributed by atoms with Gasteiger partial charge in [-0.25, -0.2) is 0 Å². The number of halogens is 2. The molecule has 164 valence electrons. The van der Waals surface area contributed by atoms with E-state index < -0.39 is 5.25 Å². The number of piperidine rings is 1. The van der Waals surface area contributed by atoms with Crippen molar-refractivity contribution in [1.29, 1.82) is 5.26 Å². The number of rotatable bonds is 4. The van der Waals surface area contributed by atoms with Crippen LogP contribution in [0.3, 0.4) is 0 Å².